The van der Waals surface area contributed by atoms with Crippen LogP contribution >= 0.6 is 0 Å². The number of aliphatic hydroxyl groups is 7. The summed E-state index contributed by atoms with van der Waals surface area (Å²) in [5.74, 6) is -0.0904. The Balaban J connectivity index is 0.000000280. The molecule has 2 heterocycles. The molecule has 2 rings (SSSR count). The van der Waals surface area contributed by atoms with Gasteiger partial charge in [-0.15, -0.1) is 0 Å². The molecule has 0 unspecified atom stereocenters. The van der Waals surface area contributed by atoms with Crippen molar-refractivity contribution in [2.24, 2.45) is 17.8 Å². The number of rotatable bonds is 4. The van der Waals surface area contributed by atoms with E-state index < -0.39 is 48.8 Å². The van der Waals surface area contributed by atoms with Gasteiger partial charge in [-0.05, 0) is 11.8 Å². The van der Waals surface area contributed by atoms with E-state index in [0.717, 1.165) is 0 Å². The first-order chi connectivity index (χ1) is 13.0. The van der Waals surface area contributed by atoms with Crippen LogP contribution in [0.25, 0.3) is 0 Å². The molecule has 2 aliphatic rings. The standard InChI is InChI=1S/C10H20O4.C9H18O5/c1-5(2)10-9(13)8(12)6(3)7(4-11)14-10;1-4(2)9-8(13)7(12)6(11)5(3-10)14-9/h5-13H,4H2,1-3H3;4-13H,3H2,1-2H3/t6-,7-,8+,9-,10+;5-,6-,7+,8-,9+/m11/s1. The van der Waals surface area contributed by atoms with E-state index >= 15 is 0 Å². The lowest BCUT2D eigenvalue weighted by molar-refractivity contribution is -0.238. The van der Waals surface area contributed by atoms with Crippen LogP contribution in [0.15, 0.2) is 0 Å². The lowest BCUT2D eigenvalue weighted by Gasteiger charge is -2.42. The Bertz CT molecular complexity index is 403. The summed E-state index contributed by atoms with van der Waals surface area (Å²) in [6, 6.07) is 0. The molecule has 28 heavy (non-hydrogen) atoms. The highest BCUT2D eigenvalue weighted by atomic mass is 16.5. The van der Waals surface area contributed by atoms with Crippen LogP contribution in [-0.4, -0.2) is 104 Å². The minimum absolute atomic E-state index is 0.0150. The zero-order valence-electron chi connectivity index (χ0n) is 17.3. The molecule has 0 aliphatic carbocycles. The summed E-state index contributed by atoms with van der Waals surface area (Å²) in [5, 5.41) is 65.9. The van der Waals surface area contributed by atoms with E-state index in [-0.39, 0.29) is 37.1 Å². The molecular weight excluding hydrogens is 372 g/mol. The second kappa shape index (κ2) is 11.1. The maximum Gasteiger partial charge on any atom is 0.111 e. The van der Waals surface area contributed by atoms with Crippen LogP contribution in [-0.2, 0) is 9.47 Å². The van der Waals surface area contributed by atoms with Crippen molar-refractivity contribution in [1.82, 2.24) is 0 Å². The summed E-state index contributed by atoms with van der Waals surface area (Å²) < 4.78 is 10.8. The van der Waals surface area contributed by atoms with Crippen molar-refractivity contribution in [2.45, 2.75) is 89.6 Å². The molecule has 0 aromatic carbocycles. The molecule has 10 atom stereocenters. The van der Waals surface area contributed by atoms with Gasteiger partial charge < -0.3 is 45.2 Å². The summed E-state index contributed by atoms with van der Waals surface area (Å²) in [6.07, 6.45) is -7.39. The van der Waals surface area contributed by atoms with E-state index in [4.69, 9.17) is 19.7 Å². The van der Waals surface area contributed by atoms with Crippen LogP contribution in [0.2, 0.25) is 0 Å². The Hall–Kier alpha value is -0.360. The van der Waals surface area contributed by atoms with E-state index in [0.29, 0.717) is 0 Å². The zero-order valence-corrected chi connectivity index (χ0v) is 17.3. The average molecular weight is 411 g/mol. The van der Waals surface area contributed by atoms with Crippen molar-refractivity contribution in [3.05, 3.63) is 0 Å². The first kappa shape index (κ1) is 25.7. The Morgan fingerprint density at radius 3 is 1.39 bits per heavy atom. The van der Waals surface area contributed by atoms with E-state index in [1.54, 1.807) is 6.92 Å². The van der Waals surface area contributed by atoms with E-state index in [9.17, 15) is 25.5 Å². The predicted octanol–water partition coefficient (Wildman–Crippen LogP) is -1.76. The molecule has 9 nitrogen and oxygen atoms in total. The first-order valence-corrected chi connectivity index (χ1v) is 9.90. The van der Waals surface area contributed by atoms with Gasteiger partial charge in [-0.3, -0.25) is 0 Å². The summed E-state index contributed by atoms with van der Waals surface area (Å²) in [7, 11) is 0. The second-order valence-electron chi connectivity index (χ2n) is 8.44. The fourth-order valence-corrected chi connectivity index (χ4v) is 3.57. The fraction of sp³-hybridized carbons (Fsp3) is 1.00. The average Bonchev–Trinajstić information content (AvgIpc) is 2.64. The molecule has 7 N–H and O–H groups in total. The number of aliphatic hydroxyl groups excluding tert-OH is 7. The molecule has 2 aliphatic heterocycles. The van der Waals surface area contributed by atoms with Gasteiger partial charge in [-0.25, -0.2) is 0 Å². The molecule has 0 amide bonds. The highest BCUT2D eigenvalue weighted by molar-refractivity contribution is 4.93. The maximum absolute atomic E-state index is 9.73. The van der Waals surface area contributed by atoms with Crippen molar-refractivity contribution in [3.63, 3.8) is 0 Å². The number of hydrogen-bond acceptors (Lipinski definition) is 9. The monoisotopic (exact) mass is 410 g/mol. The van der Waals surface area contributed by atoms with Gasteiger partial charge in [0.25, 0.3) is 0 Å². The third kappa shape index (κ3) is 5.84. The highest BCUT2D eigenvalue weighted by Crippen LogP contribution is 2.29. The van der Waals surface area contributed by atoms with Crippen molar-refractivity contribution in [3.8, 4) is 0 Å². The van der Waals surface area contributed by atoms with Gasteiger partial charge in [0.2, 0.25) is 0 Å². The van der Waals surface area contributed by atoms with Crippen LogP contribution in [0, 0.1) is 17.8 Å². The molecule has 0 spiro atoms. The SMILES string of the molecule is CC(C)[C@@H]1O[C@H](CO)[C@@H](C)[C@H](O)[C@H]1O.CC(C)[C@@H]1O[C@H](CO)[C@@H](O)[C@H](O)[C@H]1O. The van der Waals surface area contributed by atoms with E-state index in [1.807, 2.05) is 27.7 Å². The quantitative estimate of drug-likeness (QED) is 0.285. The Labute approximate surface area is 166 Å². The van der Waals surface area contributed by atoms with E-state index in [2.05, 4.69) is 0 Å². The number of ether oxygens (including phenoxy) is 2. The van der Waals surface area contributed by atoms with Crippen LogP contribution in [0.1, 0.15) is 34.6 Å². The van der Waals surface area contributed by atoms with Gasteiger partial charge in [0.15, 0.2) is 0 Å². The third-order valence-electron chi connectivity index (χ3n) is 5.57. The molecule has 9 heteroatoms. The van der Waals surface area contributed by atoms with Gasteiger partial charge in [0.05, 0.1) is 37.6 Å². The van der Waals surface area contributed by atoms with Crippen LogP contribution < -0.4 is 0 Å². The molecule has 0 radical (unpaired) electrons. The predicted molar refractivity (Wildman–Crippen MR) is 100 cm³/mol. The van der Waals surface area contributed by atoms with Gasteiger partial charge >= 0.3 is 0 Å². The first-order valence-electron chi connectivity index (χ1n) is 9.90. The van der Waals surface area contributed by atoms with Crippen molar-refractivity contribution in [1.29, 1.82) is 0 Å². The van der Waals surface area contributed by atoms with Crippen LogP contribution in [0.3, 0.4) is 0 Å². The van der Waals surface area contributed by atoms with Gasteiger partial charge in [0.1, 0.15) is 30.5 Å². The summed E-state index contributed by atoms with van der Waals surface area (Å²) in [5.41, 5.74) is 0. The maximum atomic E-state index is 9.73. The number of hydrogen-bond donors (Lipinski definition) is 7. The lowest BCUT2D eigenvalue weighted by atomic mass is 9.85. The third-order valence-corrected chi connectivity index (χ3v) is 5.57. The normalized spacial score (nSPS) is 44.4. The Morgan fingerprint density at radius 1 is 0.607 bits per heavy atom. The molecule has 0 saturated carbocycles. The second-order valence-corrected chi connectivity index (χ2v) is 8.44. The van der Waals surface area contributed by atoms with Crippen molar-refractivity contribution in [2.75, 3.05) is 13.2 Å². The summed E-state index contributed by atoms with van der Waals surface area (Å²) >= 11 is 0. The summed E-state index contributed by atoms with van der Waals surface area (Å²) in [4.78, 5) is 0. The van der Waals surface area contributed by atoms with Crippen molar-refractivity contribution < 1.29 is 45.2 Å². The molecule has 0 bridgehead atoms. The molecular formula is C19H38O9. The molecule has 2 saturated heterocycles. The van der Waals surface area contributed by atoms with Crippen LogP contribution in [0.5, 0.6) is 0 Å². The Kier molecular flexibility index (Phi) is 10.2. The lowest BCUT2D eigenvalue weighted by Crippen LogP contribution is -2.59. The Morgan fingerprint density at radius 2 is 1.00 bits per heavy atom. The van der Waals surface area contributed by atoms with Gasteiger partial charge in [-0.1, -0.05) is 34.6 Å². The topological polar surface area (TPSA) is 160 Å². The largest absolute Gasteiger partial charge is 0.394 e. The van der Waals surface area contributed by atoms with Crippen LogP contribution in [0.4, 0.5) is 0 Å². The molecule has 2 fully saturated rings. The zero-order chi connectivity index (χ0) is 21.8. The summed E-state index contributed by atoms with van der Waals surface area (Å²) in [6.45, 7) is 8.81. The molecule has 0 aromatic rings. The fourth-order valence-electron chi connectivity index (χ4n) is 3.57. The highest BCUT2D eigenvalue weighted by Gasteiger charge is 2.44. The smallest absolute Gasteiger partial charge is 0.111 e. The minimum atomic E-state index is -1.26. The molecule has 168 valence electrons. The van der Waals surface area contributed by atoms with Gasteiger partial charge in [-0.2, -0.15) is 0 Å². The molecule has 0 aromatic heterocycles. The van der Waals surface area contributed by atoms with Crippen molar-refractivity contribution >= 4 is 0 Å². The minimum Gasteiger partial charge on any atom is -0.394 e. The van der Waals surface area contributed by atoms with Gasteiger partial charge in [0, 0.05) is 5.92 Å². The van der Waals surface area contributed by atoms with E-state index in [1.165, 1.54) is 0 Å².